The molecule has 4 aromatic rings. The van der Waals surface area contributed by atoms with Crippen LogP contribution in [-0.2, 0) is 14.5 Å². The number of carbonyl (C=O) groups is 8. The van der Waals surface area contributed by atoms with Gasteiger partial charge in [0.05, 0.1) is 86.8 Å². The second kappa shape index (κ2) is 24.5. The average Bonchev–Trinajstić information content (AvgIpc) is 4.45. The number of primary amides is 3. The number of fused-ring (bicyclic) bond motifs is 8. The summed E-state index contributed by atoms with van der Waals surface area (Å²) < 4.78 is 5.85. The molecule has 31 nitrogen and oxygen atoms in total. The Morgan fingerprint density at radius 3 is 1.49 bits per heavy atom. The molecule has 8 bridgehead atoms. The molecule has 4 unspecified atom stereocenters. The number of nitrogens with two attached hydrogens (primary N) is 3. The number of H-pyrrole nitrogens is 1. The van der Waals surface area contributed by atoms with Gasteiger partial charge in [0.1, 0.15) is 22.9 Å². The molecule has 0 spiro atoms. The van der Waals surface area contributed by atoms with Gasteiger partial charge in [-0.25, -0.2) is 33.2 Å². The second-order valence-electron chi connectivity index (χ2n) is 18.0. The number of likely N-dealkylation sites (N-methyl/N-ethyl adjacent to an activating group) is 1. The van der Waals surface area contributed by atoms with Gasteiger partial charge in [-0.05, 0) is 65.1 Å². The Labute approximate surface area is 463 Å². The Balaban J connectivity index is 0.000000133. The maximum Gasteiger partial charge on any atom is 0.345 e. The quantitative estimate of drug-likeness (QED) is 0.0433. The van der Waals surface area contributed by atoms with Crippen molar-refractivity contribution in [3.63, 3.8) is 0 Å². The fourth-order valence-electron chi connectivity index (χ4n) is 8.95. The van der Waals surface area contributed by atoms with E-state index in [9.17, 15) is 43.6 Å². The number of amides is 12. The van der Waals surface area contributed by atoms with Crippen LogP contribution in [0.2, 0.25) is 0 Å². The van der Waals surface area contributed by atoms with E-state index >= 15 is 0 Å². The lowest BCUT2D eigenvalue weighted by molar-refractivity contribution is -0.107. The Morgan fingerprint density at radius 2 is 1.08 bits per heavy atom. The first-order chi connectivity index (χ1) is 37.9. The van der Waals surface area contributed by atoms with E-state index in [0.29, 0.717) is 69.7 Å². The van der Waals surface area contributed by atoms with E-state index in [1.807, 2.05) is 12.2 Å². The summed E-state index contributed by atoms with van der Waals surface area (Å²) in [5.41, 5.74) is 18.5. The molecule has 4 atom stereocenters. The van der Waals surface area contributed by atoms with Crippen molar-refractivity contribution in [1.82, 2.24) is 79.2 Å². The van der Waals surface area contributed by atoms with Gasteiger partial charge in [0.15, 0.2) is 0 Å². The predicted octanol–water partition coefficient (Wildman–Crippen LogP) is 0.485. The zero-order valence-electron chi connectivity index (χ0n) is 42.3. The molecule has 0 radical (unpaired) electrons. The molecule has 9 N–H and O–H groups in total. The first-order valence-corrected chi connectivity index (χ1v) is 25.1. The third-order valence-corrected chi connectivity index (χ3v) is 13.4. The molecule has 0 saturated carbocycles. The van der Waals surface area contributed by atoms with Crippen LogP contribution in [-0.4, -0.2) is 229 Å². The van der Waals surface area contributed by atoms with E-state index in [2.05, 4.69) is 72.6 Å². The standard InChI is InChI=1S/C13H15N5O3.C11H13N5O2.C10H11N5O3.C9H11IN2O2.C4H5N3O/c1-2-5-21-18-10-6-9(7-16(8-10)13(18)20)17-4-3-11(15-17)12(14)19;1-14-7-4-8(6-15(5-7)11(14)18)16-3-2-9(13-16)10(12)17;11-9(16)8-1-2-14(12-8)6-3-7-5-13(4-6)10(17)15(7)18;1-2-3-14-12-8-4-7(10)5-11(6-8)9(12)13;8-3-5-4-1-2-6-7-4/h2-4,6,10H,1,5,7-8H2,(H2,14,19);2-4,7H,5-6H2,1H3,(H2,12,17);1-3,7,18H,4-5H2,(H2,11,16);2,4,8H,1,3,5-6H2;1-3H,(H2,5,6,7,8). The monoisotopic (exact) mass is 1200 g/mol. The summed E-state index contributed by atoms with van der Waals surface area (Å²) in [4.78, 5) is 109. The number of halogens is 1. The zero-order chi connectivity index (χ0) is 56.7. The topological polar surface area (TPSA) is 373 Å². The maximum absolute atomic E-state index is 12.1. The molecule has 4 fully saturated rings. The fraction of sp³-hybridized carbons (Fsp3) is 0.319. The summed E-state index contributed by atoms with van der Waals surface area (Å²) in [6.45, 7) is 12.2. The summed E-state index contributed by atoms with van der Waals surface area (Å²) in [7, 11) is 1.78. The summed E-state index contributed by atoms with van der Waals surface area (Å²) in [6.07, 6.45) is 18.0. The van der Waals surface area contributed by atoms with Gasteiger partial charge in [0.25, 0.3) is 17.7 Å². The number of hydrogen-bond acceptors (Lipinski definition) is 15. The highest BCUT2D eigenvalue weighted by atomic mass is 127. The molecule has 4 saturated heterocycles. The highest BCUT2D eigenvalue weighted by Crippen LogP contribution is 2.29. The smallest absolute Gasteiger partial charge is 0.345 e. The van der Waals surface area contributed by atoms with E-state index in [0.717, 1.165) is 23.6 Å². The molecule has 8 aliphatic heterocycles. The van der Waals surface area contributed by atoms with Crippen molar-refractivity contribution in [3.8, 4) is 0 Å². The van der Waals surface area contributed by atoms with Gasteiger partial charge in [-0.2, -0.15) is 35.6 Å². The molecule has 12 amide bonds. The summed E-state index contributed by atoms with van der Waals surface area (Å²) in [6, 6.07) is 5.25. The highest BCUT2D eigenvalue weighted by molar-refractivity contribution is 14.1. The predicted molar refractivity (Wildman–Crippen MR) is 286 cm³/mol. The molecule has 0 aromatic carbocycles. The number of rotatable bonds is 14. The fourth-order valence-corrected chi connectivity index (χ4v) is 9.78. The number of nitrogens with zero attached hydrogens (tertiary/aromatic N) is 15. The lowest BCUT2D eigenvalue weighted by atomic mass is 10.2. The molecular weight excluding hydrogens is 1150 g/mol. The van der Waals surface area contributed by atoms with E-state index in [1.54, 1.807) is 97.2 Å². The van der Waals surface area contributed by atoms with Crippen LogP contribution in [0.4, 0.5) is 25.0 Å². The van der Waals surface area contributed by atoms with E-state index in [-0.39, 0.29) is 65.9 Å². The molecule has 416 valence electrons. The molecule has 8 aliphatic rings. The van der Waals surface area contributed by atoms with Gasteiger partial charge in [-0.3, -0.25) is 39.2 Å². The van der Waals surface area contributed by atoms with Crippen LogP contribution in [0.1, 0.15) is 31.5 Å². The molecule has 12 rings (SSSR count). The van der Waals surface area contributed by atoms with Crippen molar-refractivity contribution in [2.45, 2.75) is 24.2 Å². The van der Waals surface area contributed by atoms with Crippen LogP contribution >= 0.6 is 22.6 Å². The van der Waals surface area contributed by atoms with Crippen LogP contribution in [0.3, 0.4) is 0 Å². The van der Waals surface area contributed by atoms with Crippen LogP contribution < -0.4 is 22.5 Å². The molecule has 4 aromatic heterocycles. The van der Waals surface area contributed by atoms with Gasteiger partial charge in [0, 0.05) is 61.5 Å². The lowest BCUT2D eigenvalue weighted by Gasteiger charge is -2.21. The van der Waals surface area contributed by atoms with Gasteiger partial charge in [0.2, 0.25) is 6.41 Å². The van der Waals surface area contributed by atoms with Crippen LogP contribution in [0.25, 0.3) is 17.1 Å². The molecule has 79 heavy (non-hydrogen) atoms. The highest BCUT2D eigenvalue weighted by Gasteiger charge is 2.43. The van der Waals surface area contributed by atoms with E-state index < -0.39 is 23.8 Å². The van der Waals surface area contributed by atoms with Gasteiger partial charge in [-0.1, -0.05) is 12.2 Å². The SMILES string of the molecule is C=CCON1C(=O)N2CC(I)=CC1C2.C=CCON1C(=O)N2CC(n3ccc(C(N)=O)n3)=CC1C2.CN1C(=O)N2CC(n3ccc(C(N)=O)n3)=CC1C2.NC(=O)c1ccn(C2=CC3CN(C2)C(=O)N3O)n1.O=CNc1ccn[nH]1. The minimum absolute atomic E-state index is 0.0218. The Hall–Kier alpha value is -9.15. The minimum atomic E-state index is -0.603. The van der Waals surface area contributed by atoms with Crippen molar-refractivity contribution in [3.05, 3.63) is 119 Å². The molecule has 32 heteroatoms. The number of carbonyl (C=O) groups excluding carboxylic acids is 8. The van der Waals surface area contributed by atoms with E-state index in [4.69, 9.17) is 26.9 Å². The van der Waals surface area contributed by atoms with Crippen LogP contribution in [0.5, 0.6) is 0 Å². The van der Waals surface area contributed by atoms with Crippen LogP contribution in [0, 0.1) is 0 Å². The van der Waals surface area contributed by atoms with Gasteiger partial charge >= 0.3 is 24.1 Å². The first kappa shape index (κ1) is 56.1. The van der Waals surface area contributed by atoms with Crippen molar-refractivity contribution >= 4 is 93.8 Å². The van der Waals surface area contributed by atoms with Crippen molar-refractivity contribution < 1.29 is 53.2 Å². The second-order valence-corrected chi connectivity index (χ2v) is 19.4. The maximum atomic E-state index is 12.1. The first-order valence-electron chi connectivity index (χ1n) is 24.1. The number of hydroxylamine groups is 6. The number of urea groups is 4. The average molecular weight is 1200 g/mol. The molecular formula is C47H55IN20O11. The van der Waals surface area contributed by atoms with Crippen LogP contribution in [0.15, 0.2) is 102 Å². The largest absolute Gasteiger partial charge is 0.364 e. The van der Waals surface area contributed by atoms with E-state index in [1.165, 1.54) is 29.4 Å². The molecule has 0 aliphatic carbocycles. The number of nitrogens with one attached hydrogen (secondary N) is 2. The van der Waals surface area contributed by atoms with Gasteiger partial charge < -0.3 is 47.0 Å². The third kappa shape index (κ3) is 12.7. The number of aromatic amines is 1. The number of aromatic nitrogens is 8. The van der Waals surface area contributed by atoms with Crippen molar-refractivity contribution in [2.24, 2.45) is 17.2 Å². The Bertz CT molecular complexity index is 3040. The van der Waals surface area contributed by atoms with Crippen molar-refractivity contribution in [2.75, 3.05) is 77.9 Å². The number of hydrogen-bond donors (Lipinski definition) is 6. The molecule has 12 heterocycles. The summed E-state index contributed by atoms with van der Waals surface area (Å²) >= 11 is 2.25. The number of anilines is 1. The third-order valence-electron chi connectivity index (χ3n) is 12.7. The zero-order valence-corrected chi connectivity index (χ0v) is 44.5. The Kier molecular flexibility index (Phi) is 17.4. The summed E-state index contributed by atoms with van der Waals surface area (Å²) in [5, 5.41) is 33.7. The Morgan fingerprint density at radius 1 is 0.658 bits per heavy atom. The summed E-state index contributed by atoms with van der Waals surface area (Å²) in [5.74, 6) is -1.13. The van der Waals surface area contributed by atoms with Crippen molar-refractivity contribution in [1.29, 1.82) is 0 Å². The normalized spacial score (nSPS) is 21.1. The van der Waals surface area contributed by atoms with Gasteiger partial charge in [-0.15, -0.1) is 13.2 Å². The lowest BCUT2D eigenvalue weighted by Crippen LogP contribution is -2.33. The minimum Gasteiger partial charge on any atom is -0.364 e.